The number of carbonyl (C=O) groups excluding carboxylic acids is 2. The van der Waals surface area contributed by atoms with Crippen LogP contribution < -0.4 is 11.1 Å². The lowest BCUT2D eigenvalue weighted by molar-refractivity contribution is -0.115. The van der Waals surface area contributed by atoms with Gasteiger partial charge in [-0.15, -0.1) is 23.7 Å². The highest BCUT2D eigenvalue weighted by Crippen LogP contribution is 2.37. The van der Waals surface area contributed by atoms with Gasteiger partial charge in [-0.05, 0) is 42.6 Å². The van der Waals surface area contributed by atoms with Crippen molar-refractivity contribution in [2.75, 3.05) is 18.4 Å². The molecular weight excluding hydrogens is 389 g/mol. The summed E-state index contributed by atoms with van der Waals surface area (Å²) < 4.78 is 13.0. The Hall–Kier alpha value is -1.96. The van der Waals surface area contributed by atoms with Crippen molar-refractivity contribution in [3.8, 4) is 0 Å². The van der Waals surface area contributed by atoms with Crippen LogP contribution in [-0.4, -0.2) is 29.8 Å². The molecule has 0 fully saturated rings. The van der Waals surface area contributed by atoms with Gasteiger partial charge in [-0.2, -0.15) is 0 Å². The molecule has 1 aliphatic rings. The lowest BCUT2D eigenvalue weighted by Gasteiger charge is -2.26. The number of hydrogen-bond donors (Lipinski definition) is 2. The van der Waals surface area contributed by atoms with Crippen LogP contribution in [0.3, 0.4) is 0 Å². The third-order valence-corrected chi connectivity index (χ3v) is 5.59. The Morgan fingerprint density at radius 3 is 2.63 bits per heavy atom. The van der Waals surface area contributed by atoms with Gasteiger partial charge in [-0.3, -0.25) is 14.5 Å². The maximum absolute atomic E-state index is 13.0. The molecule has 0 unspecified atom stereocenters. The van der Waals surface area contributed by atoms with E-state index in [0.717, 1.165) is 42.9 Å². The van der Waals surface area contributed by atoms with Crippen LogP contribution in [0.4, 0.5) is 9.39 Å². The fourth-order valence-electron chi connectivity index (χ4n) is 3.27. The van der Waals surface area contributed by atoms with E-state index in [1.54, 1.807) is 12.1 Å². The van der Waals surface area contributed by atoms with Crippen LogP contribution in [0.15, 0.2) is 24.3 Å². The largest absolute Gasteiger partial charge is 0.365 e. The first-order chi connectivity index (χ1) is 12.5. The van der Waals surface area contributed by atoms with Crippen molar-refractivity contribution in [3.05, 3.63) is 51.7 Å². The minimum Gasteiger partial charge on any atom is -0.365 e. The van der Waals surface area contributed by atoms with Crippen LogP contribution in [0.2, 0.25) is 0 Å². The molecule has 5 nitrogen and oxygen atoms in total. The van der Waals surface area contributed by atoms with Gasteiger partial charge in [0.25, 0.3) is 5.91 Å². The molecule has 0 radical (unpaired) electrons. The number of nitrogens with one attached hydrogen (secondary N) is 1. The second kappa shape index (κ2) is 9.30. The summed E-state index contributed by atoms with van der Waals surface area (Å²) in [5, 5.41) is 3.35. The van der Waals surface area contributed by atoms with Gasteiger partial charge in [0.1, 0.15) is 10.8 Å². The first kappa shape index (κ1) is 21.3. The summed E-state index contributed by atoms with van der Waals surface area (Å²) in [6, 6.07) is 5.80. The summed E-state index contributed by atoms with van der Waals surface area (Å²) in [5.41, 5.74) is 7.69. The third kappa shape index (κ3) is 5.06. The molecule has 2 heterocycles. The molecule has 0 saturated carbocycles. The molecule has 0 spiro atoms. The Morgan fingerprint density at radius 1 is 1.30 bits per heavy atom. The molecule has 1 aromatic carbocycles. The maximum Gasteiger partial charge on any atom is 0.251 e. The molecule has 1 aromatic heterocycles. The maximum atomic E-state index is 13.0. The van der Waals surface area contributed by atoms with Crippen molar-refractivity contribution in [3.63, 3.8) is 0 Å². The monoisotopic (exact) mass is 411 g/mol. The summed E-state index contributed by atoms with van der Waals surface area (Å²) in [6.45, 7) is 4.82. The van der Waals surface area contributed by atoms with E-state index in [0.29, 0.717) is 16.1 Å². The van der Waals surface area contributed by atoms with E-state index in [2.05, 4.69) is 17.1 Å². The zero-order valence-corrected chi connectivity index (χ0v) is 16.7. The first-order valence-electron chi connectivity index (χ1n) is 8.69. The molecule has 8 heteroatoms. The zero-order chi connectivity index (χ0) is 18.7. The minimum atomic E-state index is -0.511. The van der Waals surface area contributed by atoms with Crippen molar-refractivity contribution in [2.45, 2.75) is 32.7 Å². The second-order valence-electron chi connectivity index (χ2n) is 6.45. The van der Waals surface area contributed by atoms with Gasteiger partial charge in [-0.1, -0.05) is 19.1 Å². The number of hydrogen-bond acceptors (Lipinski definition) is 4. The number of primary amides is 1. The van der Waals surface area contributed by atoms with E-state index in [1.165, 1.54) is 23.5 Å². The Bertz CT molecular complexity index is 823. The summed E-state index contributed by atoms with van der Waals surface area (Å²) in [4.78, 5) is 27.8. The third-order valence-electron chi connectivity index (χ3n) is 4.45. The average Bonchev–Trinajstić information content (AvgIpc) is 2.94. The number of carbonyl (C=O) groups is 2. The fraction of sp³-hybridized carbons (Fsp3) is 0.368. The smallest absolute Gasteiger partial charge is 0.251 e. The van der Waals surface area contributed by atoms with E-state index < -0.39 is 5.91 Å². The Kier molecular flexibility index (Phi) is 7.35. The topological polar surface area (TPSA) is 75.4 Å². The summed E-state index contributed by atoms with van der Waals surface area (Å²) >= 11 is 1.43. The van der Waals surface area contributed by atoms with Gasteiger partial charge in [0.15, 0.2) is 0 Å². The van der Waals surface area contributed by atoms with E-state index >= 15 is 0 Å². The van der Waals surface area contributed by atoms with Gasteiger partial charge in [-0.25, -0.2) is 4.39 Å². The molecule has 2 amide bonds. The molecule has 27 heavy (non-hydrogen) atoms. The quantitative estimate of drug-likeness (QED) is 0.765. The van der Waals surface area contributed by atoms with Crippen molar-refractivity contribution in [1.29, 1.82) is 0 Å². The van der Waals surface area contributed by atoms with Crippen LogP contribution in [0.25, 0.3) is 0 Å². The molecular formula is C19H23ClFN3O2S. The molecule has 0 atom stereocenters. The number of amides is 2. The van der Waals surface area contributed by atoms with Crippen LogP contribution in [-0.2, 0) is 24.2 Å². The van der Waals surface area contributed by atoms with Gasteiger partial charge in [0, 0.05) is 18.0 Å². The lowest BCUT2D eigenvalue weighted by Crippen LogP contribution is -2.31. The normalized spacial score (nSPS) is 13.6. The van der Waals surface area contributed by atoms with E-state index in [4.69, 9.17) is 5.73 Å². The predicted octanol–water partition coefficient (Wildman–Crippen LogP) is 3.36. The van der Waals surface area contributed by atoms with E-state index in [1.807, 2.05) is 0 Å². The van der Waals surface area contributed by atoms with Crippen molar-refractivity contribution in [2.24, 2.45) is 5.73 Å². The van der Waals surface area contributed by atoms with Crippen molar-refractivity contribution < 1.29 is 14.0 Å². The van der Waals surface area contributed by atoms with Crippen LogP contribution in [0, 0.1) is 5.82 Å². The number of nitrogens with two attached hydrogens (primary N) is 1. The van der Waals surface area contributed by atoms with Gasteiger partial charge >= 0.3 is 0 Å². The van der Waals surface area contributed by atoms with Gasteiger partial charge in [0.2, 0.25) is 5.91 Å². The molecule has 1 aliphatic heterocycles. The van der Waals surface area contributed by atoms with E-state index in [9.17, 15) is 14.0 Å². The number of fused-ring (bicyclic) bond motifs is 1. The molecule has 146 valence electrons. The first-order valence-corrected chi connectivity index (χ1v) is 9.50. The second-order valence-corrected chi connectivity index (χ2v) is 7.55. The SMILES string of the molecule is CCCN1CCc2c(sc(NC(=O)Cc3ccc(F)cc3)c2C(N)=O)C1.Cl. The summed E-state index contributed by atoms with van der Waals surface area (Å²) in [7, 11) is 0. The Balaban J connectivity index is 0.00000261. The van der Waals surface area contributed by atoms with Crippen LogP contribution >= 0.6 is 23.7 Å². The number of rotatable bonds is 6. The molecule has 0 saturated heterocycles. The fourth-order valence-corrected chi connectivity index (χ4v) is 4.58. The van der Waals surface area contributed by atoms with Crippen LogP contribution in [0.1, 0.15) is 39.7 Å². The minimum absolute atomic E-state index is 0. The number of thiophene rings is 1. The van der Waals surface area contributed by atoms with Gasteiger partial charge in [0.05, 0.1) is 12.0 Å². The van der Waals surface area contributed by atoms with Gasteiger partial charge < -0.3 is 11.1 Å². The number of halogens is 2. The highest BCUT2D eigenvalue weighted by Gasteiger charge is 2.27. The Labute approximate surface area is 168 Å². The molecule has 2 aromatic rings. The number of nitrogens with zero attached hydrogens (tertiary/aromatic N) is 1. The molecule has 3 rings (SSSR count). The zero-order valence-electron chi connectivity index (χ0n) is 15.1. The summed E-state index contributed by atoms with van der Waals surface area (Å²) in [5.74, 6) is -1.10. The number of benzene rings is 1. The molecule has 0 bridgehead atoms. The standard InChI is InChI=1S/C19H22FN3O2S.ClH/c1-2-8-23-9-7-14-15(11-23)26-19(17(14)18(21)25)22-16(24)10-12-3-5-13(20)6-4-12;/h3-6H,2,7-11H2,1H3,(H2,21,25)(H,22,24);1H. The molecule has 0 aliphatic carbocycles. The lowest BCUT2D eigenvalue weighted by atomic mass is 10.0. The highest BCUT2D eigenvalue weighted by molar-refractivity contribution is 7.17. The average molecular weight is 412 g/mol. The van der Waals surface area contributed by atoms with Crippen molar-refractivity contribution >= 4 is 40.6 Å². The molecule has 3 N–H and O–H groups in total. The predicted molar refractivity (Wildman–Crippen MR) is 108 cm³/mol. The van der Waals surface area contributed by atoms with Crippen molar-refractivity contribution in [1.82, 2.24) is 4.90 Å². The highest BCUT2D eigenvalue weighted by atomic mass is 35.5. The summed E-state index contributed by atoms with van der Waals surface area (Å²) in [6.07, 6.45) is 1.95. The number of anilines is 1. The van der Waals surface area contributed by atoms with Crippen LogP contribution in [0.5, 0.6) is 0 Å². The Morgan fingerprint density at radius 2 is 2.00 bits per heavy atom. The van der Waals surface area contributed by atoms with E-state index in [-0.39, 0.29) is 30.6 Å².